The Bertz CT molecular complexity index is 1020. The van der Waals surface area contributed by atoms with Gasteiger partial charge < -0.3 is 14.6 Å². The molecule has 0 aliphatic carbocycles. The molecule has 1 N–H and O–H groups in total. The van der Waals surface area contributed by atoms with Gasteiger partial charge in [0.25, 0.3) is 0 Å². The van der Waals surface area contributed by atoms with Crippen molar-refractivity contribution in [2.75, 3.05) is 13.2 Å². The van der Waals surface area contributed by atoms with Crippen LogP contribution in [-0.4, -0.2) is 40.4 Å². The van der Waals surface area contributed by atoms with Gasteiger partial charge in [0.15, 0.2) is 11.9 Å². The van der Waals surface area contributed by atoms with Crippen LogP contribution in [0.5, 0.6) is 5.75 Å². The van der Waals surface area contributed by atoms with Crippen LogP contribution in [0, 0.1) is 5.82 Å². The van der Waals surface area contributed by atoms with Gasteiger partial charge in [0.2, 0.25) is 0 Å². The van der Waals surface area contributed by atoms with E-state index in [2.05, 4.69) is 9.97 Å². The van der Waals surface area contributed by atoms with Crippen molar-refractivity contribution < 1.29 is 23.8 Å². The molecule has 1 aromatic heterocycles. The van der Waals surface area contributed by atoms with Crippen LogP contribution >= 0.6 is 0 Å². The van der Waals surface area contributed by atoms with Gasteiger partial charge in [-0.05, 0) is 60.4 Å². The van der Waals surface area contributed by atoms with Crippen molar-refractivity contribution in [3.8, 4) is 17.1 Å². The van der Waals surface area contributed by atoms with E-state index in [0.717, 1.165) is 23.1 Å². The third kappa shape index (κ3) is 6.34. The number of aromatic nitrogens is 2. The Labute approximate surface area is 187 Å². The van der Waals surface area contributed by atoms with Crippen LogP contribution in [0.15, 0.2) is 54.9 Å². The monoisotopic (exact) mass is 438 g/mol. The number of carboxylic acids is 1. The van der Waals surface area contributed by atoms with Crippen molar-refractivity contribution in [1.29, 1.82) is 0 Å². The third-order valence-corrected chi connectivity index (χ3v) is 5.05. The lowest BCUT2D eigenvalue weighted by atomic mass is 10.1. The molecule has 0 spiro atoms. The zero-order valence-electron chi connectivity index (χ0n) is 18.3. The summed E-state index contributed by atoms with van der Waals surface area (Å²) in [5.41, 5.74) is 3.18. The minimum atomic E-state index is -0.983. The Morgan fingerprint density at radius 2 is 1.78 bits per heavy atom. The van der Waals surface area contributed by atoms with Gasteiger partial charge in [-0.25, -0.2) is 19.2 Å². The number of halogens is 1. The number of carbonyl (C=O) groups is 1. The zero-order valence-corrected chi connectivity index (χ0v) is 18.3. The molecule has 0 fully saturated rings. The van der Waals surface area contributed by atoms with E-state index in [-0.39, 0.29) is 12.2 Å². The smallest absolute Gasteiger partial charge is 0.333 e. The first-order valence-corrected chi connectivity index (χ1v) is 10.7. The second-order valence-electron chi connectivity index (χ2n) is 7.30. The first-order chi connectivity index (χ1) is 15.5. The summed E-state index contributed by atoms with van der Waals surface area (Å²) in [6.07, 6.45) is 4.23. The molecule has 3 rings (SSSR count). The molecule has 0 aliphatic rings. The van der Waals surface area contributed by atoms with Crippen LogP contribution in [0.1, 0.15) is 30.5 Å². The molecule has 0 aliphatic heterocycles. The number of ether oxygens (including phenoxy) is 2. The highest BCUT2D eigenvalue weighted by molar-refractivity contribution is 5.72. The van der Waals surface area contributed by atoms with Gasteiger partial charge in [0.05, 0.1) is 6.61 Å². The van der Waals surface area contributed by atoms with Gasteiger partial charge in [-0.2, -0.15) is 0 Å². The average molecular weight is 438 g/mol. The maximum atomic E-state index is 14.3. The van der Waals surface area contributed by atoms with Crippen LogP contribution < -0.4 is 4.74 Å². The maximum absolute atomic E-state index is 14.3. The molecule has 2 aromatic carbocycles. The molecule has 7 heteroatoms. The molecular formula is C25H27FN2O4. The largest absolute Gasteiger partial charge is 0.493 e. The fourth-order valence-corrected chi connectivity index (χ4v) is 3.23. The van der Waals surface area contributed by atoms with Crippen LogP contribution in [0.25, 0.3) is 11.4 Å². The zero-order chi connectivity index (χ0) is 22.9. The Morgan fingerprint density at radius 3 is 2.41 bits per heavy atom. The van der Waals surface area contributed by atoms with Crippen molar-refractivity contribution in [3.05, 3.63) is 77.4 Å². The summed E-state index contributed by atoms with van der Waals surface area (Å²) >= 11 is 0. The summed E-state index contributed by atoms with van der Waals surface area (Å²) in [6.45, 7) is 4.44. The molecule has 0 saturated heterocycles. The Hall–Kier alpha value is -3.32. The number of rotatable bonds is 11. The molecule has 0 radical (unpaired) electrons. The fourth-order valence-electron chi connectivity index (χ4n) is 3.23. The van der Waals surface area contributed by atoms with Gasteiger partial charge >= 0.3 is 5.97 Å². The fraction of sp³-hybridized carbons (Fsp3) is 0.320. The molecular weight excluding hydrogens is 411 g/mol. The van der Waals surface area contributed by atoms with Gasteiger partial charge in [-0.3, -0.25) is 0 Å². The van der Waals surface area contributed by atoms with Crippen molar-refractivity contribution in [2.45, 2.75) is 39.2 Å². The molecule has 6 nitrogen and oxygen atoms in total. The van der Waals surface area contributed by atoms with Crippen LogP contribution in [0.3, 0.4) is 0 Å². The number of hydrogen-bond donors (Lipinski definition) is 1. The second-order valence-corrected chi connectivity index (χ2v) is 7.30. The van der Waals surface area contributed by atoms with Crippen molar-refractivity contribution in [1.82, 2.24) is 9.97 Å². The predicted molar refractivity (Wildman–Crippen MR) is 119 cm³/mol. The quantitative estimate of drug-likeness (QED) is 0.475. The summed E-state index contributed by atoms with van der Waals surface area (Å²) in [6, 6.07) is 12.0. The number of aliphatic carboxylic acids is 1. The van der Waals surface area contributed by atoms with Crippen molar-refractivity contribution >= 4 is 5.97 Å². The summed E-state index contributed by atoms with van der Waals surface area (Å²) in [4.78, 5) is 19.9. The maximum Gasteiger partial charge on any atom is 0.333 e. The van der Waals surface area contributed by atoms with E-state index in [0.29, 0.717) is 36.8 Å². The topological polar surface area (TPSA) is 81.5 Å². The van der Waals surface area contributed by atoms with Crippen LogP contribution in [-0.2, 0) is 28.8 Å². The van der Waals surface area contributed by atoms with E-state index in [1.165, 1.54) is 6.07 Å². The molecule has 0 bridgehead atoms. The Balaban J connectivity index is 1.58. The molecule has 1 atom stereocenters. The first-order valence-electron chi connectivity index (χ1n) is 10.7. The van der Waals surface area contributed by atoms with E-state index >= 15 is 0 Å². The average Bonchev–Trinajstić information content (AvgIpc) is 2.81. The molecule has 168 valence electrons. The Morgan fingerprint density at radius 1 is 1.06 bits per heavy atom. The van der Waals surface area contributed by atoms with Crippen molar-refractivity contribution in [3.63, 3.8) is 0 Å². The minimum absolute atomic E-state index is 0.281. The molecule has 0 saturated carbocycles. The highest BCUT2D eigenvalue weighted by atomic mass is 19.1. The normalized spacial score (nSPS) is 11.8. The number of benzene rings is 2. The number of nitrogens with zero attached hydrogens (tertiary/aromatic N) is 2. The van der Waals surface area contributed by atoms with Crippen LogP contribution in [0.4, 0.5) is 4.39 Å². The van der Waals surface area contributed by atoms with Gasteiger partial charge in [0, 0.05) is 37.4 Å². The van der Waals surface area contributed by atoms with Gasteiger partial charge in [0.1, 0.15) is 11.6 Å². The van der Waals surface area contributed by atoms with Gasteiger partial charge in [-0.1, -0.05) is 19.1 Å². The van der Waals surface area contributed by atoms with E-state index in [1.807, 2.05) is 19.1 Å². The number of hydrogen-bond acceptors (Lipinski definition) is 5. The molecule has 3 aromatic rings. The van der Waals surface area contributed by atoms with E-state index < -0.39 is 12.1 Å². The molecule has 1 heterocycles. The highest BCUT2D eigenvalue weighted by Gasteiger charge is 2.17. The number of carboxylic acid groups (broad SMARTS) is 1. The standard InChI is InChI=1S/C25H27FN2O4/c1-3-17-15-27-24(28-16-17)20-7-10-22(26)19(14-20)11-12-32-21-8-5-18(6-9-21)13-23(25(29)30)31-4-2/h5-10,14-16,23H,3-4,11-13H2,1-2H3,(H,29,30). The Kier molecular flexibility index (Phi) is 8.27. The lowest BCUT2D eigenvalue weighted by Gasteiger charge is -2.13. The predicted octanol–water partition coefficient (Wildman–Crippen LogP) is 4.50. The first kappa shape index (κ1) is 23.3. The third-order valence-electron chi connectivity index (χ3n) is 5.05. The summed E-state index contributed by atoms with van der Waals surface area (Å²) in [5, 5.41) is 9.19. The second kappa shape index (κ2) is 11.3. The molecule has 1 unspecified atom stereocenters. The SMILES string of the molecule is CCOC(Cc1ccc(OCCc2cc(-c3ncc(CC)cn3)ccc2F)cc1)C(=O)O. The molecule has 32 heavy (non-hydrogen) atoms. The van der Waals surface area contributed by atoms with E-state index in [9.17, 15) is 14.3 Å². The molecule has 0 amide bonds. The summed E-state index contributed by atoms with van der Waals surface area (Å²) in [5.74, 6) is -0.0876. The summed E-state index contributed by atoms with van der Waals surface area (Å²) < 4.78 is 25.3. The van der Waals surface area contributed by atoms with Crippen LogP contribution in [0.2, 0.25) is 0 Å². The minimum Gasteiger partial charge on any atom is -0.493 e. The summed E-state index contributed by atoms with van der Waals surface area (Å²) in [7, 11) is 0. The number of aryl methyl sites for hydroxylation is 1. The van der Waals surface area contributed by atoms with E-state index in [1.54, 1.807) is 43.6 Å². The highest BCUT2D eigenvalue weighted by Crippen LogP contribution is 2.20. The van der Waals surface area contributed by atoms with Crippen molar-refractivity contribution in [2.24, 2.45) is 0 Å². The van der Waals surface area contributed by atoms with E-state index in [4.69, 9.17) is 9.47 Å². The lowest BCUT2D eigenvalue weighted by Crippen LogP contribution is -2.26. The van der Waals surface area contributed by atoms with Gasteiger partial charge in [-0.15, -0.1) is 0 Å². The lowest BCUT2D eigenvalue weighted by molar-refractivity contribution is -0.149.